The monoisotopic (exact) mass is 193 g/mol. The molecule has 0 aliphatic heterocycles. The van der Waals surface area contributed by atoms with Crippen LogP contribution in [0.15, 0.2) is 0 Å². The Balaban J connectivity index is 1.89. The molecule has 2 heteroatoms. The van der Waals surface area contributed by atoms with Crippen molar-refractivity contribution < 1.29 is 4.79 Å². The average Bonchev–Trinajstić information content (AvgIpc) is 2.31. The van der Waals surface area contributed by atoms with Crippen LogP contribution in [0.3, 0.4) is 0 Å². The fraction of sp³-hybridized carbons (Fsp3) is 0.917. The van der Waals surface area contributed by atoms with Gasteiger partial charge in [0.15, 0.2) is 0 Å². The molecule has 1 N–H and O–H groups in total. The molecule has 4 fully saturated rings. The summed E-state index contributed by atoms with van der Waals surface area (Å²) in [6.45, 7) is 0. The van der Waals surface area contributed by atoms with E-state index in [0.717, 1.165) is 24.2 Å². The van der Waals surface area contributed by atoms with Crippen molar-refractivity contribution in [3.8, 4) is 0 Å². The Bertz CT molecular complexity index is 237. The van der Waals surface area contributed by atoms with Crippen molar-refractivity contribution in [3.63, 3.8) is 0 Å². The summed E-state index contributed by atoms with van der Waals surface area (Å²) in [5.74, 6) is 2.82. The third-order valence-electron chi connectivity index (χ3n) is 4.76. The molecule has 2 nitrogen and oxygen atoms in total. The van der Waals surface area contributed by atoms with Crippen LogP contribution in [-0.2, 0) is 4.79 Å². The quantitative estimate of drug-likeness (QED) is 0.668. The van der Waals surface area contributed by atoms with Gasteiger partial charge in [0.1, 0.15) is 0 Å². The van der Waals surface area contributed by atoms with Gasteiger partial charge >= 0.3 is 0 Å². The Labute approximate surface area is 85.4 Å². The predicted octanol–water partition coefficient (Wildman–Crippen LogP) is 2.09. The lowest BCUT2D eigenvalue weighted by Crippen LogP contribution is -2.49. The first-order valence-electron chi connectivity index (χ1n) is 6.01. The standard InChI is InChI=1S/C12H19NO/c14-8-13-12-2-1-9-3-10(6-12)5-11(4-9)7-12/h8-11H,1-7H2,(H,13,14)/t9?,10-,11+,12?. The van der Waals surface area contributed by atoms with E-state index in [4.69, 9.17) is 0 Å². The molecule has 0 aromatic carbocycles. The predicted molar refractivity (Wildman–Crippen MR) is 54.7 cm³/mol. The molecule has 4 aliphatic carbocycles. The molecule has 0 aromatic heterocycles. The molecule has 4 atom stereocenters. The van der Waals surface area contributed by atoms with Gasteiger partial charge in [0, 0.05) is 5.54 Å². The lowest BCUT2D eigenvalue weighted by atomic mass is 9.65. The molecular formula is C12H19NO. The third-order valence-corrected chi connectivity index (χ3v) is 4.76. The normalized spacial score (nSPS) is 50.1. The minimum Gasteiger partial charge on any atom is -0.353 e. The van der Waals surface area contributed by atoms with Gasteiger partial charge in [-0.25, -0.2) is 0 Å². The maximum Gasteiger partial charge on any atom is 0.207 e. The van der Waals surface area contributed by atoms with Gasteiger partial charge in [-0.15, -0.1) is 0 Å². The van der Waals surface area contributed by atoms with E-state index in [9.17, 15) is 4.79 Å². The van der Waals surface area contributed by atoms with Gasteiger partial charge in [-0.1, -0.05) is 0 Å². The number of rotatable bonds is 2. The van der Waals surface area contributed by atoms with Crippen LogP contribution in [-0.4, -0.2) is 11.9 Å². The van der Waals surface area contributed by atoms with Crippen LogP contribution in [0.4, 0.5) is 0 Å². The van der Waals surface area contributed by atoms with Crippen molar-refractivity contribution in [1.29, 1.82) is 0 Å². The summed E-state index contributed by atoms with van der Waals surface area (Å²) in [4.78, 5) is 10.7. The number of hydrogen-bond acceptors (Lipinski definition) is 1. The topological polar surface area (TPSA) is 29.1 Å². The molecular weight excluding hydrogens is 174 g/mol. The zero-order valence-electron chi connectivity index (χ0n) is 8.67. The zero-order valence-corrected chi connectivity index (χ0v) is 8.67. The van der Waals surface area contributed by atoms with Crippen LogP contribution in [0.5, 0.6) is 0 Å². The molecule has 4 rings (SSSR count). The first-order valence-corrected chi connectivity index (χ1v) is 6.01. The molecule has 4 aliphatic rings. The van der Waals surface area contributed by atoms with E-state index in [0.29, 0.717) is 0 Å². The van der Waals surface area contributed by atoms with Crippen molar-refractivity contribution in [1.82, 2.24) is 5.32 Å². The second-order valence-corrected chi connectivity index (χ2v) is 5.79. The third kappa shape index (κ3) is 1.27. The summed E-state index contributed by atoms with van der Waals surface area (Å²) in [6.07, 6.45) is 10.4. The van der Waals surface area contributed by atoms with Crippen LogP contribution in [0, 0.1) is 17.8 Å². The van der Waals surface area contributed by atoms with Gasteiger partial charge in [0.25, 0.3) is 0 Å². The first kappa shape index (κ1) is 8.75. The van der Waals surface area contributed by atoms with E-state index >= 15 is 0 Å². The second-order valence-electron chi connectivity index (χ2n) is 5.79. The van der Waals surface area contributed by atoms with E-state index in [1.807, 2.05) is 0 Å². The first-order chi connectivity index (χ1) is 6.80. The molecule has 0 aromatic rings. The second kappa shape index (κ2) is 2.98. The van der Waals surface area contributed by atoms with E-state index in [1.165, 1.54) is 44.9 Å². The van der Waals surface area contributed by atoms with Gasteiger partial charge in [-0.05, 0) is 62.7 Å². The minimum absolute atomic E-state index is 0.209. The highest BCUT2D eigenvalue weighted by Crippen LogP contribution is 2.52. The molecule has 2 unspecified atom stereocenters. The Morgan fingerprint density at radius 3 is 2.36 bits per heavy atom. The van der Waals surface area contributed by atoms with Crippen molar-refractivity contribution in [2.75, 3.05) is 0 Å². The summed E-state index contributed by atoms with van der Waals surface area (Å²) in [5, 5.41) is 3.15. The number of amides is 1. The molecule has 0 spiro atoms. The molecule has 0 radical (unpaired) electrons. The average molecular weight is 193 g/mol. The largest absolute Gasteiger partial charge is 0.353 e. The highest BCUT2D eigenvalue weighted by Gasteiger charge is 2.47. The van der Waals surface area contributed by atoms with Crippen molar-refractivity contribution in [2.45, 2.75) is 50.5 Å². The maximum absolute atomic E-state index is 10.7. The minimum atomic E-state index is 0.209. The molecule has 0 heterocycles. The molecule has 4 bridgehead atoms. The van der Waals surface area contributed by atoms with Crippen LogP contribution in [0.25, 0.3) is 0 Å². The molecule has 4 saturated carbocycles. The van der Waals surface area contributed by atoms with Gasteiger partial charge in [0.05, 0.1) is 0 Å². The molecule has 0 saturated heterocycles. The number of carbonyl (C=O) groups excluding carboxylic acids is 1. The summed E-state index contributed by atoms with van der Waals surface area (Å²) in [5.41, 5.74) is 0.209. The number of nitrogens with one attached hydrogen (secondary N) is 1. The van der Waals surface area contributed by atoms with Gasteiger partial charge in [-0.2, -0.15) is 0 Å². The smallest absolute Gasteiger partial charge is 0.207 e. The lowest BCUT2D eigenvalue weighted by molar-refractivity contribution is -0.112. The fourth-order valence-electron chi connectivity index (χ4n) is 4.46. The van der Waals surface area contributed by atoms with Gasteiger partial charge in [-0.3, -0.25) is 4.79 Å². The Morgan fingerprint density at radius 1 is 1.07 bits per heavy atom. The van der Waals surface area contributed by atoms with Crippen molar-refractivity contribution in [2.24, 2.45) is 17.8 Å². The summed E-state index contributed by atoms with van der Waals surface area (Å²) < 4.78 is 0. The van der Waals surface area contributed by atoms with Crippen molar-refractivity contribution >= 4 is 6.41 Å². The molecule has 14 heavy (non-hydrogen) atoms. The molecule has 78 valence electrons. The fourth-order valence-corrected chi connectivity index (χ4v) is 4.46. The summed E-state index contributed by atoms with van der Waals surface area (Å²) in [7, 11) is 0. The highest BCUT2D eigenvalue weighted by molar-refractivity contribution is 5.48. The van der Waals surface area contributed by atoms with Gasteiger partial charge in [0.2, 0.25) is 6.41 Å². The van der Waals surface area contributed by atoms with Crippen LogP contribution < -0.4 is 5.32 Å². The number of carbonyl (C=O) groups is 1. The molecule has 1 amide bonds. The lowest BCUT2D eigenvalue weighted by Gasteiger charge is -2.45. The number of hydrogen-bond donors (Lipinski definition) is 1. The van der Waals surface area contributed by atoms with Crippen molar-refractivity contribution in [3.05, 3.63) is 0 Å². The van der Waals surface area contributed by atoms with Crippen LogP contribution in [0.1, 0.15) is 44.9 Å². The number of fused-ring (bicyclic) bond motifs is 1. The van der Waals surface area contributed by atoms with Crippen LogP contribution in [0.2, 0.25) is 0 Å². The zero-order chi connectivity index (χ0) is 9.60. The Hall–Kier alpha value is -0.530. The van der Waals surface area contributed by atoms with Crippen LogP contribution >= 0.6 is 0 Å². The summed E-state index contributed by atoms with van der Waals surface area (Å²) >= 11 is 0. The SMILES string of the molecule is O=CNC12CCC3C[C@H](C[C@H](C3)C1)C2. The van der Waals surface area contributed by atoms with Gasteiger partial charge < -0.3 is 5.32 Å². The summed E-state index contributed by atoms with van der Waals surface area (Å²) in [6, 6.07) is 0. The maximum atomic E-state index is 10.7. The van der Waals surface area contributed by atoms with E-state index in [1.54, 1.807) is 0 Å². The van der Waals surface area contributed by atoms with E-state index < -0.39 is 0 Å². The van der Waals surface area contributed by atoms with E-state index in [-0.39, 0.29) is 5.54 Å². The van der Waals surface area contributed by atoms with E-state index in [2.05, 4.69) is 5.32 Å². The Kier molecular flexibility index (Phi) is 1.86. The highest BCUT2D eigenvalue weighted by atomic mass is 16.1. The Morgan fingerprint density at radius 2 is 1.71 bits per heavy atom.